The number of hydrogen-bond acceptors (Lipinski definition) is 3. The van der Waals surface area contributed by atoms with Gasteiger partial charge in [0.2, 0.25) is 5.82 Å². The van der Waals surface area contributed by atoms with Crippen molar-refractivity contribution in [3.8, 4) is 0 Å². The van der Waals surface area contributed by atoms with Crippen LogP contribution in [0.3, 0.4) is 0 Å². The lowest BCUT2D eigenvalue weighted by molar-refractivity contribution is -0.144. The molecule has 106 valence electrons. The van der Waals surface area contributed by atoms with Gasteiger partial charge in [-0.15, -0.1) is 0 Å². The molecule has 1 heterocycles. The fourth-order valence-corrected chi connectivity index (χ4v) is 1.81. The third-order valence-corrected chi connectivity index (χ3v) is 3.07. The van der Waals surface area contributed by atoms with Crippen molar-refractivity contribution >= 4 is 46.3 Å². The van der Waals surface area contributed by atoms with Crippen molar-refractivity contribution in [2.45, 2.75) is 6.18 Å². The molecular formula is C11H5Cl3F3N3. The summed E-state index contributed by atoms with van der Waals surface area (Å²) in [6.45, 7) is 0. The minimum atomic E-state index is -4.68. The Labute approximate surface area is 126 Å². The van der Waals surface area contributed by atoms with Crippen molar-refractivity contribution in [2.75, 3.05) is 5.32 Å². The molecule has 1 N–H and O–H groups in total. The Morgan fingerprint density at radius 2 is 1.65 bits per heavy atom. The molecule has 20 heavy (non-hydrogen) atoms. The lowest BCUT2D eigenvalue weighted by atomic mass is 10.3. The largest absolute Gasteiger partial charge is 0.451 e. The summed E-state index contributed by atoms with van der Waals surface area (Å²) in [5, 5.41) is 2.91. The van der Waals surface area contributed by atoms with Crippen molar-refractivity contribution in [3.05, 3.63) is 45.3 Å². The van der Waals surface area contributed by atoms with Crippen LogP contribution in [0.2, 0.25) is 15.2 Å². The highest BCUT2D eigenvalue weighted by Gasteiger charge is 2.35. The van der Waals surface area contributed by atoms with Crippen molar-refractivity contribution in [2.24, 2.45) is 0 Å². The molecule has 0 fully saturated rings. The third-order valence-electron chi connectivity index (χ3n) is 2.14. The summed E-state index contributed by atoms with van der Waals surface area (Å²) >= 11 is 17.1. The molecule has 0 aliphatic rings. The number of benzene rings is 1. The van der Waals surface area contributed by atoms with Crippen LogP contribution in [-0.4, -0.2) is 9.97 Å². The number of anilines is 2. The van der Waals surface area contributed by atoms with Crippen LogP contribution < -0.4 is 5.32 Å². The van der Waals surface area contributed by atoms with Gasteiger partial charge in [0.1, 0.15) is 11.0 Å². The van der Waals surface area contributed by atoms with Gasteiger partial charge in [0, 0.05) is 11.8 Å². The summed E-state index contributed by atoms with van der Waals surface area (Å²) < 4.78 is 37.7. The normalized spacial score (nSPS) is 11.5. The van der Waals surface area contributed by atoms with E-state index in [1.165, 1.54) is 24.3 Å². The van der Waals surface area contributed by atoms with E-state index in [4.69, 9.17) is 34.8 Å². The number of rotatable bonds is 2. The highest BCUT2D eigenvalue weighted by molar-refractivity contribution is 6.42. The van der Waals surface area contributed by atoms with Gasteiger partial charge in [-0.2, -0.15) is 13.2 Å². The molecule has 0 radical (unpaired) electrons. The zero-order valence-corrected chi connectivity index (χ0v) is 11.7. The van der Waals surface area contributed by atoms with E-state index >= 15 is 0 Å². The molecule has 0 saturated carbocycles. The molecule has 1 aromatic carbocycles. The van der Waals surface area contributed by atoms with Crippen LogP contribution in [-0.2, 0) is 6.18 Å². The quantitative estimate of drug-likeness (QED) is 0.762. The number of alkyl halides is 3. The summed E-state index contributed by atoms with van der Waals surface area (Å²) in [5.74, 6) is -1.43. The Hall–Kier alpha value is -1.24. The highest BCUT2D eigenvalue weighted by Crippen LogP contribution is 2.30. The molecule has 0 aliphatic heterocycles. The van der Waals surface area contributed by atoms with E-state index in [2.05, 4.69) is 15.3 Å². The Balaban J connectivity index is 2.33. The molecule has 0 aliphatic carbocycles. The second-order valence-electron chi connectivity index (χ2n) is 3.65. The molecule has 0 amide bonds. The Morgan fingerprint density at radius 1 is 0.950 bits per heavy atom. The van der Waals surface area contributed by atoms with Crippen LogP contribution in [0.25, 0.3) is 0 Å². The van der Waals surface area contributed by atoms with Gasteiger partial charge in [0.15, 0.2) is 0 Å². The van der Waals surface area contributed by atoms with E-state index in [1.54, 1.807) is 0 Å². The number of hydrogen-bond donors (Lipinski definition) is 1. The maximum absolute atomic E-state index is 12.6. The van der Waals surface area contributed by atoms with E-state index in [0.29, 0.717) is 10.7 Å². The van der Waals surface area contributed by atoms with Crippen molar-refractivity contribution in [3.63, 3.8) is 0 Å². The lowest BCUT2D eigenvalue weighted by Crippen LogP contribution is -2.12. The fourth-order valence-electron chi connectivity index (χ4n) is 1.33. The van der Waals surface area contributed by atoms with Gasteiger partial charge in [-0.05, 0) is 18.2 Å². The summed E-state index contributed by atoms with van der Waals surface area (Å²) in [5.41, 5.74) is 0.419. The average Bonchev–Trinajstić information content (AvgIpc) is 2.32. The minimum absolute atomic E-state index is 0.101. The number of nitrogens with one attached hydrogen (secondary N) is 1. The molecule has 0 saturated heterocycles. The van der Waals surface area contributed by atoms with Gasteiger partial charge in [-0.1, -0.05) is 34.8 Å². The molecule has 3 nitrogen and oxygen atoms in total. The first-order valence-corrected chi connectivity index (χ1v) is 6.23. The topological polar surface area (TPSA) is 37.8 Å². The predicted molar refractivity (Wildman–Crippen MR) is 71.8 cm³/mol. The van der Waals surface area contributed by atoms with Gasteiger partial charge in [0.25, 0.3) is 0 Å². The Kier molecular flexibility index (Phi) is 4.27. The van der Waals surface area contributed by atoms with Crippen molar-refractivity contribution in [1.82, 2.24) is 9.97 Å². The van der Waals surface area contributed by atoms with Crippen LogP contribution in [0.15, 0.2) is 24.3 Å². The maximum Gasteiger partial charge on any atom is 0.451 e. The smallest absolute Gasteiger partial charge is 0.340 e. The van der Waals surface area contributed by atoms with Crippen LogP contribution >= 0.6 is 34.8 Å². The average molecular weight is 343 g/mol. The van der Waals surface area contributed by atoms with E-state index in [-0.39, 0.29) is 16.0 Å². The van der Waals surface area contributed by atoms with Crippen molar-refractivity contribution in [1.29, 1.82) is 0 Å². The highest BCUT2D eigenvalue weighted by atomic mass is 35.5. The summed E-state index contributed by atoms with van der Waals surface area (Å²) in [6, 6.07) is 5.66. The molecule has 1 aromatic heterocycles. The number of nitrogens with zero attached hydrogens (tertiary/aromatic N) is 2. The van der Waals surface area contributed by atoms with E-state index in [9.17, 15) is 13.2 Å². The predicted octanol–water partition coefficient (Wildman–Crippen LogP) is 5.20. The van der Waals surface area contributed by atoms with E-state index in [1.807, 2.05) is 0 Å². The maximum atomic E-state index is 12.6. The van der Waals surface area contributed by atoms with E-state index < -0.39 is 12.0 Å². The summed E-state index contributed by atoms with van der Waals surface area (Å²) in [6.07, 6.45) is -4.68. The first-order chi connectivity index (χ1) is 9.25. The molecule has 0 atom stereocenters. The zero-order valence-electron chi connectivity index (χ0n) is 9.47. The molecule has 2 aromatic rings. The van der Waals surface area contributed by atoms with Gasteiger partial charge in [-0.25, -0.2) is 9.97 Å². The number of halogens is 6. The molecule has 9 heteroatoms. The first-order valence-electron chi connectivity index (χ1n) is 5.09. The zero-order chi connectivity index (χ0) is 14.9. The van der Waals surface area contributed by atoms with Gasteiger partial charge in [-0.3, -0.25) is 0 Å². The molecule has 0 bridgehead atoms. The first kappa shape index (κ1) is 15.2. The summed E-state index contributed by atoms with van der Waals surface area (Å²) in [7, 11) is 0. The second kappa shape index (κ2) is 5.63. The Bertz CT molecular complexity index is 647. The van der Waals surface area contributed by atoms with Crippen LogP contribution in [0.4, 0.5) is 24.7 Å². The molecule has 0 unspecified atom stereocenters. The van der Waals surface area contributed by atoms with Crippen LogP contribution in [0, 0.1) is 0 Å². The van der Waals surface area contributed by atoms with Crippen molar-refractivity contribution < 1.29 is 13.2 Å². The molecule has 0 spiro atoms. The van der Waals surface area contributed by atoms with Gasteiger partial charge < -0.3 is 5.32 Å². The second-order valence-corrected chi connectivity index (χ2v) is 4.85. The third kappa shape index (κ3) is 3.65. The molecular weight excluding hydrogens is 337 g/mol. The van der Waals surface area contributed by atoms with E-state index in [0.717, 1.165) is 0 Å². The summed E-state index contributed by atoms with van der Waals surface area (Å²) in [4.78, 5) is 6.47. The SMILES string of the molecule is FC(F)(F)c1nc(Cl)cc(Nc2ccc(Cl)c(Cl)c2)n1. The molecule has 2 rings (SSSR count). The lowest BCUT2D eigenvalue weighted by Gasteiger charge is -2.10. The minimum Gasteiger partial charge on any atom is -0.340 e. The fraction of sp³-hybridized carbons (Fsp3) is 0.0909. The van der Waals surface area contributed by atoms with Crippen LogP contribution in [0.5, 0.6) is 0 Å². The van der Waals surface area contributed by atoms with Crippen LogP contribution in [0.1, 0.15) is 5.82 Å². The standard InChI is InChI=1S/C11H5Cl3F3N3/c12-6-2-1-5(3-7(6)13)18-9-4-8(14)19-10(20-9)11(15,16)17/h1-4H,(H,18,19,20). The number of aromatic nitrogens is 2. The van der Waals surface area contributed by atoms with Gasteiger partial charge in [0.05, 0.1) is 10.0 Å². The Morgan fingerprint density at radius 3 is 2.25 bits per heavy atom. The monoisotopic (exact) mass is 341 g/mol. The van der Waals surface area contributed by atoms with Gasteiger partial charge >= 0.3 is 6.18 Å².